The van der Waals surface area contributed by atoms with Crippen molar-refractivity contribution in [2.75, 3.05) is 19.8 Å². The lowest BCUT2D eigenvalue weighted by atomic mass is 10.1. The number of ether oxygens (including phenoxy) is 2. The Balaban J connectivity index is 1.74. The lowest BCUT2D eigenvalue weighted by Gasteiger charge is -2.25. The Bertz CT molecular complexity index is 1230. The van der Waals surface area contributed by atoms with Gasteiger partial charge in [-0.25, -0.2) is 13.2 Å². The molecule has 0 spiro atoms. The largest absolute Gasteiger partial charge is 0.461 e. The first kappa shape index (κ1) is 22.8. The third-order valence-electron chi connectivity index (χ3n) is 5.70. The van der Waals surface area contributed by atoms with Gasteiger partial charge in [0.05, 0.1) is 24.4 Å². The van der Waals surface area contributed by atoms with Crippen molar-refractivity contribution in [3.05, 3.63) is 40.7 Å². The Labute approximate surface area is 191 Å². The molecule has 1 aliphatic rings. The van der Waals surface area contributed by atoms with Crippen LogP contribution in [0.4, 0.5) is 0 Å². The average molecular weight is 479 g/mol. The number of esters is 1. The molecule has 0 radical (unpaired) electrons. The third-order valence-corrected chi connectivity index (χ3v) is 8.09. The number of carbonyl (C=O) groups is 1. The predicted molar refractivity (Wildman–Crippen MR) is 120 cm³/mol. The molecule has 4 rings (SSSR count). The van der Waals surface area contributed by atoms with E-state index in [1.54, 1.807) is 32.0 Å². The number of carbonyl (C=O) groups excluding carboxylic acids is 1. The number of hydrogen-bond acceptors (Lipinski definition) is 8. The summed E-state index contributed by atoms with van der Waals surface area (Å²) >= 11 is 0.984. The zero-order chi connectivity index (χ0) is 22.9. The highest BCUT2D eigenvalue weighted by Crippen LogP contribution is 2.29. The third kappa shape index (κ3) is 4.29. The first-order chi connectivity index (χ1) is 15.3. The van der Waals surface area contributed by atoms with Gasteiger partial charge in [0.2, 0.25) is 10.0 Å². The molecule has 1 aliphatic heterocycles. The van der Waals surface area contributed by atoms with E-state index in [2.05, 4.69) is 13.7 Å². The van der Waals surface area contributed by atoms with Crippen LogP contribution in [-0.2, 0) is 26.0 Å². The molecule has 0 bridgehead atoms. The summed E-state index contributed by atoms with van der Waals surface area (Å²) in [7, 11) is -3.91. The first-order valence-corrected chi connectivity index (χ1v) is 12.7. The van der Waals surface area contributed by atoms with Gasteiger partial charge in [0.25, 0.3) is 0 Å². The van der Waals surface area contributed by atoms with Crippen molar-refractivity contribution < 1.29 is 22.7 Å². The van der Waals surface area contributed by atoms with Gasteiger partial charge in [-0.1, -0.05) is 6.07 Å². The second kappa shape index (κ2) is 9.26. The van der Waals surface area contributed by atoms with Crippen LogP contribution in [0.25, 0.3) is 11.0 Å². The molecule has 3 aromatic rings. The van der Waals surface area contributed by atoms with Crippen molar-refractivity contribution in [3.63, 3.8) is 0 Å². The molecule has 1 atom stereocenters. The van der Waals surface area contributed by atoms with E-state index in [0.717, 1.165) is 35.8 Å². The molecule has 172 valence electrons. The van der Waals surface area contributed by atoms with E-state index < -0.39 is 16.0 Å². The van der Waals surface area contributed by atoms with Gasteiger partial charge >= 0.3 is 5.97 Å². The smallest absolute Gasteiger partial charge is 0.355 e. The highest BCUT2D eigenvalue weighted by Gasteiger charge is 2.33. The summed E-state index contributed by atoms with van der Waals surface area (Å²) in [6.45, 7) is 6.57. The van der Waals surface area contributed by atoms with E-state index in [-0.39, 0.29) is 30.7 Å². The number of benzene rings is 1. The lowest BCUT2D eigenvalue weighted by molar-refractivity contribution is 0.0519. The van der Waals surface area contributed by atoms with Crippen LogP contribution in [0.3, 0.4) is 0 Å². The molecule has 0 amide bonds. The Morgan fingerprint density at radius 1 is 1.34 bits per heavy atom. The predicted octanol–water partition coefficient (Wildman–Crippen LogP) is 3.18. The fourth-order valence-electron chi connectivity index (χ4n) is 4.00. The van der Waals surface area contributed by atoms with Gasteiger partial charge in [0, 0.05) is 25.4 Å². The Hall–Kier alpha value is -2.34. The second-order valence-electron chi connectivity index (χ2n) is 7.77. The quantitative estimate of drug-likeness (QED) is 0.495. The van der Waals surface area contributed by atoms with E-state index in [0.29, 0.717) is 28.9 Å². The van der Waals surface area contributed by atoms with Crippen molar-refractivity contribution in [2.24, 2.45) is 0 Å². The van der Waals surface area contributed by atoms with Crippen molar-refractivity contribution in [3.8, 4) is 0 Å². The van der Waals surface area contributed by atoms with E-state index in [1.165, 1.54) is 4.31 Å². The second-order valence-corrected chi connectivity index (χ2v) is 10.2. The number of sulfonamides is 1. The lowest BCUT2D eigenvalue weighted by Crippen LogP contribution is -2.37. The molecule has 1 saturated heterocycles. The summed E-state index contributed by atoms with van der Waals surface area (Å²) in [5.74, 6) is -0.453. The molecule has 1 unspecified atom stereocenters. The van der Waals surface area contributed by atoms with E-state index in [9.17, 15) is 13.2 Å². The first-order valence-electron chi connectivity index (χ1n) is 10.5. The van der Waals surface area contributed by atoms with E-state index >= 15 is 0 Å². The van der Waals surface area contributed by atoms with Crippen LogP contribution < -0.4 is 0 Å². The fraction of sp³-hybridized carbons (Fsp3) is 0.476. The van der Waals surface area contributed by atoms with Crippen LogP contribution in [0.2, 0.25) is 0 Å². The molecule has 2 aromatic heterocycles. The maximum atomic E-state index is 13.8. The van der Waals surface area contributed by atoms with E-state index in [4.69, 9.17) is 9.47 Å². The molecule has 32 heavy (non-hydrogen) atoms. The van der Waals surface area contributed by atoms with Crippen molar-refractivity contribution in [1.82, 2.24) is 18.0 Å². The normalized spacial score (nSPS) is 16.8. The van der Waals surface area contributed by atoms with Crippen molar-refractivity contribution >= 4 is 38.8 Å². The molecule has 0 aliphatic carbocycles. The highest BCUT2D eigenvalue weighted by atomic mass is 32.2. The molecule has 11 heteroatoms. The van der Waals surface area contributed by atoms with Gasteiger partial charge in [-0.3, -0.25) is 0 Å². The molecule has 1 aromatic carbocycles. The maximum Gasteiger partial charge on any atom is 0.355 e. The molecular formula is C21H26N4O5S2. The summed E-state index contributed by atoms with van der Waals surface area (Å²) in [5, 5.41) is 0. The zero-order valence-electron chi connectivity index (χ0n) is 18.3. The van der Waals surface area contributed by atoms with Gasteiger partial charge in [0.1, 0.15) is 21.6 Å². The highest BCUT2D eigenvalue weighted by molar-refractivity contribution is 7.89. The molecule has 1 N–H and O–H groups in total. The van der Waals surface area contributed by atoms with Crippen LogP contribution in [0.15, 0.2) is 23.1 Å². The summed E-state index contributed by atoms with van der Waals surface area (Å²) in [6.07, 6.45) is 1.52. The number of H-pyrrole nitrogens is 1. The summed E-state index contributed by atoms with van der Waals surface area (Å²) in [6, 6.07) is 4.98. The Morgan fingerprint density at radius 2 is 2.16 bits per heavy atom. The van der Waals surface area contributed by atoms with Crippen LogP contribution in [-0.4, -0.2) is 58.3 Å². The number of aromatic amines is 1. The molecule has 1 fully saturated rings. The minimum atomic E-state index is -3.91. The number of fused-ring (bicyclic) bond motifs is 1. The summed E-state index contributed by atoms with van der Waals surface area (Å²) in [4.78, 5) is 15.5. The standard InChI is InChI=1S/C21H26N4O5S2/c1-4-29-21(26)19-13(2)16(14(3)22-19)12-25(11-15-7-6-10-30-15)32(27,28)18-9-5-8-17-20(18)24-31-23-17/h5,8-9,15,22H,4,6-7,10-12H2,1-3H3. The number of aromatic nitrogens is 3. The van der Waals surface area contributed by atoms with Gasteiger partial charge in [-0.2, -0.15) is 13.1 Å². The number of rotatable bonds is 8. The number of aryl methyl sites for hydroxylation is 1. The monoisotopic (exact) mass is 478 g/mol. The molecular weight excluding hydrogens is 452 g/mol. The fourth-order valence-corrected chi connectivity index (χ4v) is 6.19. The summed E-state index contributed by atoms with van der Waals surface area (Å²) in [5.41, 5.74) is 3.42. The topological polar surface area (TPSA) is 114 Å². The van der Waals surface area contributed by atoms with Gasteiger partial charge in [-0.15, -0.1) is 0 Å². The number of hydrogen-bond donors (Lipinski definition) is 1. The Kier molecular flexibility index (Phi) is 6.61. The average Bonchev–Trinajstić information content (AvgIpc) is 3.50. The SMILES string of the molecule is CCOC(=O)c1[nH]c(C)c(CN(CC2CCCO2)S(=O)(=O)c2cccc3nsnc23)c1C. The van der Waals surface area contributed by atoms with Crippen LogP contribution in [0, 0.1) is 13.8 Å². The molecule has 9 nitrogen and oxygen atoms in total. The number of nitrogens with one attached hydrogen (secondary N) is 1. The molecule has 0 saturated carbocycles. The van der Waals surface area contributed by atoms with Gasteiger partial charge < -0.3 is 14.5 Å². The van der Waals surface area contributed by atoms with Crippen LogP contribution >= 0.6 is 11.7 Å². The van der Waals surface area contributed by atoms with Crippen molar-refractivity contribution in [2.45, 2.75) is 51.2 Å². The van der Waals surface area contributed by atoms with Gasteiger partial charge in [-0.05, 0) is 56.9 Å². The van der Waals surface area contributed by atoms with Crippen molar-refractivity contribution in [1.29, 1.82) is 0 Å². The minimum absolute atomic E-state index is 0.101. The Morgan fingerprint density at radius 3 is 2.88 bits per heavy atom. The number of nitrogens with zero attached hydrogens (tertiary/aromatic N) is 3. The maximum absolute atomic E-state index is 13.8. The van der Waals surface area contributed by atoms with Gasteiger partial charge in [0.15, 0.2) is 0 Å². The van der Waals surface area contributed by atoms with Crippen LogP contribution in [0.5, 0.6) is 0 Å². The minimum Gasteiger partial charge on any atom is -0.461 e. The van der Waals surface area contributed by atoms with E-state index in [1.807, 2.05) is 6.92 Å². The summed E-state index contributed by atoms with van der Waals surface area (Å²) < 4.78 is 48.3. The van der Waals surface area contributed by atoms with Crippen LogP contribution in [0.1, 0.15) is 47.1 Å². The molecule has 3 heterocycles. The zero-order valence-corrected chi connectivity index (χ0v) is 19.9.